The first kappa shape index (κ1) is 18.2. The molecule has 2 saturated heterocycles. The van der Waals surface area contributed by atoms with Crippen molar-refractivity contribution < 1.29 is 14.9 Å². The zero-order valence-corrected chi connectivity index (χ0v) is 15.5. The second-order valence-electron chi connectivity index (χ2n) is 7.39. The third-order valence-corrected chi connectivity index (χ3v) is 5.29. The molecule has 144 valence electrons. The molecule has 0 unspecified atom stereocenters. The lowest BCUT2D eigenvalue weighted by atomic mass is 10.1. The van der Waals surface area contributed by atoms with Gasteiger partial charge in [0.2, 0.25) is 0 Å². The molecule has 2 fully saturated rings. The number of aromatic hydroxyl groups is 1. The second-order valence-corrected chi connectivity index (χ2v) is 7.39. The van der Waals surface area contributed by atoms with Crippen LogP contribution in [0.2, 0.25) is 0 Å². The maximum Gasteiger partial charge on any atom is 0.165 e. The topological polar surface area (TPSA) is 90.7 Å². The fraction of sp³-hybridized carbons (Fsp3) is 0.500. The Labute approximate surface area is 159 Å². The number of phenols is 1. The molecule has 4 rings (SSSR count). The van der Waals surface area contributed by atoms with Crippen molar-refractivity contribution in [3.8, 4) is 17.1 Å². The van der Waals surface area contributed by atoms with E-state index >= 15 is 0 Å². The molecule has 3 atom stereocenters. The predicted octanol–water partition coefficient (Wildman–Crippen LogP) is 1.79. The van der Waals surface area contributed by atoms with Gasteiger partial charge in [0, 0.05) is 43.5 Å². The van der Waals surface area contributed by atoms with Gasteiger partial charge in [-0.1, -0.05) is 12.1 Å². The average molecular weight is 370 g/mol. The molecule has 3 N–H and O–H groups in total. The van der Waals surface area contributed by atoms with Crippen molar-refractivity contribution in [1.82, 2.24) is 14.9 Å². The number of hydrogen-bond acceptors (Lipinski definition) is 7. The van der Waals surface area contributed by atoms with Crippen LogP contribution in [0.3, 0.4) is 0 Å². The van der Waals surface area contributed by atoms with E-state index in [2.05, 4.69) is 20.2 Å². The Bertz CT molecular complexity index is 801. The van der Waals surface area contributed by atoms with E-state index < -0.39 is 0 Å². The van der Waals surface area contributed by atoms with Crippen LogP contribution in [0.1, 0.15) is 18.5 Å². The minimum absolute atomic E-state index is 0.124. The number of ether oxygens (including phenoxy) is 1. The van der Waals surface area contributed by atoms with E-state index in [0.717, 1.165) is 37.6 Å². The number of aliphatic hydroxyl groups is 1. The zero-order chi connectivity index (χ0) is 18.8. The molecule has 3 heterocycles. The van der Waals surface area contributed by atoms with Crippen molar-refractivity contribution in [3.05, 3.63) is 36.0 Å². The number of morpholine rings is 1. The lowest BCUT2D eigenvalue weighted by molar-refractivity contribution is -0.0566. The van der Waals surface area contributed by atoms with Crippen LogP contribution in [0.15, 0.2) is 30.3 Å². The largest absolute Gasteiger partial charge is 0.507 e. The van der Waals surface area contributed by atoms with Crippen LogP contribution in [0.5, 0.6) is 5.75 Å². The fourth-order valence-corrected chi connectivity index (χ4v) is 4.00. The number of anilines is 1. The molecule has 7 heteroatoms. The Hall–Kier alpha value is -2.22. The highest BCUT2D eigenvalue weighted by atomic mass is 16.5. The molecular formula is C20H26N4O3. The van der Waals surface area contributed by atoms with Gasteiger partial charge in [-0.2, -0.15) is 0 Å². The van der Waals surface area contributed by atoms with Gasteiger partial charge in [-0.05, 0) is 31.9 Å². The van der Waals surface area contributed by atoms with Gasteiger partial charge < -0.3 is 20.3 Å². The first-order valence-electron chi connectivity index (χ1n) is 9.49. The molecule has 0 saturated carbocycles. The van der Waals surface area contributed by atoms with E-state index in [9.17, 15) is 5.11 Å². The van der Waals surface area contributed by atoms with Crippen LogP contribution in [-0.2, 0) is 4.74 Å². The summed E-state index contributed by atoms with van der Waals surface area (Å²) >= 11 is 0. The van der Waals surface area contributed by atoms with Gasteiger partial charge in [0.25, 0.3) is 0 Å². The number of aryl methyl sites for hydroxylation is 1. The average Bonchev–Trinajstić information content (AvgIpc) is 3.03. The number of nitrogens with one attached hydrogen (secondary N) is 1. The molecule has 7 nitrogen and oxygen atoms in total. The maximum atomic E-state index is 10.1. The summed E-state index contributed by atoms with van der Waals surface area (Å²) in [5.41, 5.74) is 1.49. The summed E-state index contributed by atoms with van der Waals surface area (Å²) in [5, 5.41) is 22.8. The number of rotatable bonds is 5. The van der Waals surface area contributed by atoms with Gasteiger partial charge in [0.15, 0.2) is 5.82 Å². The zero-order valence-electron chi connectivity index (χ0n) is 15.5. The molecule has 27 heavy (non-hydrogen) atoms. The summed E-state index contributed by atoms with van der Waals surface area (Å²) < 4.78 is 5.86. The van der Waals surface area contributed by atoms with Crippen molar-refractivity contribution in [1.29, 1.82) is 0 Å². The molecule has 0 amide bonds. The quantitative estimate of drug-likeness (QED) is 0.739. The Morgan fingerprint density at radius 3 is 2.93 bits per heavy atom. The molecule has 2 aliphatic heterocycles. The number of benzene rings is 1. The van der Waals surface area contributed by atoms with Gasteiger partial charge in [0.05, 0.1) is 18.3 Å². The third kappa shape index (κ3) is 4.05. The van der Waals surface area contributed by atoms with Crippen LogP contribution < -0.4 is 5.32 Å². The van der Waals surface area contributed by atoms with Crippen LogP contribution in [0, 0.1) is 6.92 Å². The summed E-state index contributed by atoms with van der Waals surface area (Å²) in [6.45, 7) is 4.62. The number of fused-ring (bicyclic) bond motifs is 1. The lowest BCUT2D eigenvalue weighted by Crippen LogP contribution is -2.46. The molecule has 0 radical (unpaired) electrons. The number of phenolic OH excluding ortho intramolecular Hbond substituents is 1. The lowest BCUT2D eigenvalue weighted by Gasteiger charge is -2.34. The van der Waals surface area contributed by atoms with Crippen LogP contribution in [-0.4, -0.2) is 69.6 Å². The number of para-hydroxylation sites is 1. The van der Waals surface area contributed by atoms with E-state index in [1.165, 1.54) is 0 Å². The Balaban J connectivity index is 1.47. The fourth-order valence-electron chi connectivity index (χ4n) is 4.00. The number of aromatic nitrogens is 2. The maximum absolute atomic E-state index is 10.1. The Morgan fingerprint density at radius 2 is 2.11 bits per heavy atom. The molecule has 0 bridgehead atoms. The minimum Gasteiger partial charge on any atom is -0.507 e. The normalized spacial score (nSPS) is 25.3. The first-order chi connectivity index (χ1) is 13.1. The first-order valence-corrected chi connectivity index (χ1v) is 9.49. The molecule has 2 aliphatic rings. The van der Waals surface area contributed by atoms with E-state index in [0.29, 0.717) is 23.9 Å². The van der Waals surface area contributed by atoms with Crippen molar-refractivity contribution >= 4 is 5.82 Å². The van der Waals surface area contributed by atoms with Crippen molar-refractivity contribution in [2.24, 2.45) is 0 Å². The predicted molar refractivity (Wildman–Crippen MR) is 103 cm³/mol. The van der Waals surface area contributed by atoms with E-state index in [-0.39, 0.29) is 24.5 Å². The molecule has 1 aromatic carbocycles. The van der Waals surface area contributed by atoms with Gasteiger partial charge in [-0.25, -0.2) is 9.97 Å². The van der Waals surface area contributed by atoms with Crippen LogP contribution >= 0.6 is 0 Å². The summed E-state index contributed by atoms with van der Waals surface area (Å²) in [6, 6.07) is 9.76. The number of nitrogens with zero attached hydrogens (tertiary/aromatic N) is 3. The Kier molecular flexibility index (Phi) is 5.24. The third-order valence-electron chi connectivity index (χ3n) is 5.29. The SMILES string of the molecule is Cc1cc(N[C@H]2C[C@H]3CO[C@@H](CCO)CN3C2)nc(-c2ccccc2O)n1. The summed E-state index contributed by atoms with van der Waals surface area (Å²) in [6.07, 6.45) is 1.82. The van der Waals surface area contributed by atoms with E-state index in [1.807, 2.05) is 25.1 Å². The monoisotopic (exact) mass is 370 g/mol. The van der Waals surface area contributed by atoms with Crippen molar-refractivity contribution in [3.63, 3.8) is 0 Å². The van der Waals surface area contributed by atoms with Gasteiger partial charge in [-0.3, -0.25) is 4.90 Å². The summed E-state index contributed by atoms with van der Waals surface area (Å²) in [4.78, 5) is 11.5. The smallest absolute Gasteiger partial charge is 0.165 e. The van der Waals surface area contributed by atoms with Crippen molar-refractivity contribution in [2.45, 2.75) is 38.0 Å². The minimum atomic E-state index is 0.124. The number of aliphatic hydroxyl groups excluding tert-OH is 1. The molecule has 1 aromatic heterocycles. The molecular weight excluding hydrogens is 344 g/mol. The summed E-state index contributed by atoms with van der Waals surface area (Å²) in [7, 11) is 0. The van der Waals surface area contributed by atoms with Crippen molar-refractivity contribution in [2.75, 3.05) is 31.6 Å². The van der Waals surface area contributed by atoms with Gasteiger partial charge in [0.1, 0.15) is 11.6 Å². The standard InChI is InChI=1S/C20H26N4O3/c1-13-8-19(23-20(21-13)17-4-2-3-5-18(17)26)22-14-9-15-12-27-16(6-7-25)11-24(15)10-14/h2-5,8,14-16,25-26H,6-7,9-12H2,1H3,(H,21,22,23)/t14-,15-,16-/m0/s1. The molecule has 0 aliphatic carbocycles. The van der Waals surface area contributed by atoms with Crippen LogP contribution in [0.4, 0.5) is 5.82 Å². The molecule has 0 spiro atoms. The summed E-state index contributed by atoms with van der Waals surface area (Å²) in [5.74, 6) is 1.48. The van der Waals surface area contributed by atoms with E-state index in [1.54, 1.807) is 12.1 Å². The van der Waals surface area contributed by atoms with Gasteiger partial charge in [-0.15, -0.1) is 0 Å². The molecule has 2 aromatic rings. The highest BCUT2D eigenvalue weighted by molar-refractivity contribution is 5.64. The highest BCUT2D eigenvalue weighted by Crippen LogP contribution is 2.29. The van der Waals surface area contributed by atoms with E-state index in [4.69, 9.17) is 9.84 Å². The second kappa shape index (κ2) is 7.80. The van der Waals surface area contributed by atoms with Crippen LogP contribution in [0.25, 0.3) is 11.4 Å². The Morgan fingerprint density at radius 1 is 1.26 bits per heavy atom. The highest BCUT2D eigenvalue weighted by Gasteiger charge is 2.37. The number of hydrogen-bond donors (Lipinski definition) is 3. The van der Waals surface area contributed by atoms with Gasteiger partial charge >= 0.3 is 0 Å².